The molecule has 1 nitrogen and oxygen atoms in total. The third-order valence-corrected chi connectivity index (χ3v) is 2.50. The van der Waals surface area contributed by atoms with Gasteiger partial charge in [-0.3, -0.25) is 0 Å². The fraction of sp³-hybridized carbons (Fsp3) is 0.385. The van der Waals surface area contributed by atoms with Gasteiger partial charge in [0.05, 0.1) is 6.10 Å². The quantitative estimate of drug-likeness (QED) is 0.723. The average Bonchev–Trinajstić information content (AvgIpc) is 2.18. The summed E-state index contributed by atoms with van der Waals surface area (Å²) in [5.41, 5.74) is 2.21. The maximum atomic E-state index is 9.96. The van der Waals surface area contributed by atoms with Crippen LogP contribution < -0.4 is 0 Å². The summed E-state index contributed by atoms with van der Waals surface area (Å²) in [5, 5.41) is 9.96. The molecule has 1 aromatic carbocycles. The van der Waals surface area contributed by atoms with Gasteiger partial charge in [-0.25, -0.2) is 0 Å². The Morgan fingerprint density at radius 2 is 1.93 bits per heavy atom. The van der Waals surface area contributed by atoms with Gasteiger partial charge in [0.2, 0.25) is 0 Å². The van der Waals surface area contributed by atoms with E-state index in [1.54, 1.807) is 0 Å². The Bertz CT molecular complexity index is 287. The zero-order valence-corrected chi connectivity index (χ0v) is 8.90. The molecular weight excluding hydrogens is 172 g/mol. The molecule has 0 saturated carbocycles. The number of hydrogen-bond donors (Lipinski definition) is 1. The Morgan fingerprint density at radius 3 is 2.43 bits per heavy atom. The highest BCUT2D eigenvalue weighted by molar-refractivity contribution is 5.23. The zero-order valence-electron chi connectivity index (χ0n) is 8.90. The maximum absolute atomic E-state index is 9.96. The van der Waals surface area contributed by atoms with E-state index in [-0.39, 0.29) is 12.0 Å². The molecule has 1 unspecified atom stereocenters. The van der Waals surface area contributed by atoms with Crippen LogP contribution in [0.15, 0.2) is 36.9 Å². The van der Waals surface area contributed by atoms with Gasteiger partial charge in [0, 0.05) is 0 Å². The zero-order chi connectivity index (χ0) is 10.6. The second kappa shape index (κ2) is 4.97. The third-order valence-electron chi connectivity index (χ3n) is 2.50. The Balaban J connectivity index is 2.73. The molecule has 0 aliphatic carbocycles. The molecule has 2 atom stereocenters. The highest BCUT2D eigenvalue weighted by Crippen LogP contribution is 2.24. The molecule has 1 aromatic rings. The average molecular weight is 190 g/mol. The Morgan fingerprint density at radius 1 is 1.36 bits per heavy atom. The number of aliphatic hydroxyl groups is 1. The van der Waals surface area contributed by atoms with E-state index >= 15 is 0 Å². The lowest BCUT2D eigenvalue weighted by Crippen LogP contribution is -2.08. The molecule has 0 aliphatic rings. The first-order valence-electron chi connectivity index (χ1n) is 5.00. The van der Waals surface area contributed by atoms with Crippen molar-refractivity contribution >= 4 is 0 Å². The van der Waals surface area contributed by atoms with Gasteiger partial charge in [0.1, 0.15) is 0 Å². The smallest absolute Gasteiger partial charge is 0.0818 e. The van der Waals surface area contributed by atoms with Gasteiger partial charge in [-0.1, -0.05) is 42.8 Å². The number of benzene rings is 1. The molecule has 0 aliphatic heterocycles. The Hall–Kier alpha value is -1.08. The van der Waals surface area contributed by atoms with Crippen LogP contribution in [0.25, 0.3) is 0 Å². The van der Waals surface area contributed by atoms with Gasteiger partial charge >= 0.3 is 0 Å². The van der Waals surface area contributed by atoms with Crippen molar-refractivity contribution < 1.29 is 5.11 Å². The van der Waals surface area contributed by atoms with Crippen LogP contribution in [-0.2, 0) is 0 Å². The molecule has 1 heteroatoms. The van der Waals surface area contributed by atoms with Crippen molar-refractivity contribution in [3.8, 4) is 0 Å². The van der Waals surface area contributed by atoms with Crippen LogP contribution in [0.4, 0.5) is 0 Å². The van der Waals surface area contributed by atoms with E-state index in [0.717, 1.165) is 12.0 Å². The lowest BCUT2D eigenvalue weighted by atomic mass is 9.94. The number of aliphatic hydroxyl groups excluding tert-OH is 1. The van der Waals surface area contributed by atoms with Crippen LogP contribution in [0.5, 0.6) is 0 Å². The van der Waals surface area contributed by atoms with E-state index in [0.29, 0.717) is 0 Å². The summed E-state index contributed by atoms with van der Waals surface area (Å²) >= 11 is 0. The molecule has 0 bridgehead atoms. The standard InChI is InChI=1S/C13H18O/c1-4-5-11(3)13(14)12-8-6-10(2)7-9-12/h4,6-9,11,13-14H,1,5H2,2-3H3/t11?,13-/m1/s1. The summed E-state index contributed by atoms with van der Waals surface area (Å²) in [5.74, 6) is 0.232. The number of aryl methyl sites for hydroxylation is 1. The van der Waals surface area contributed by atoms with E-state index in [1.807, 2.05) is 44.2 Å². The number of hydrogen-bond acceptors (Lipinski definition) is 1. The second-order valence-corrected chi connectivity index (χ2v) is 3.86. The molecule has 76 valence electrons. The third kappa shape index (κ3) is 2.71. The minimum atomic E-state index is -0.381. The van der Waals surface area contributed by atoms with Gasteiger partial charge in [-0.15, -0.1) is 6.58 Å². The van der Waals surface area contributed by atoms with Gasteiger partial charge in [0.25, 0.3) is 0 Å². The molecular formula is C13H18O. The van der Waals surface area contributed by atoms with Crippen molar-refractivity contribution in [3.63, 3.8) is 0 Å². The van der Waals surface area contributed by atoms with Crippen LogP contribution in [0.1, 0.15) is 30.6 Å². The largest absolute Gasteiger partial charge is 0.388 e. The molecule has 0 spiro atoms. The molecule has 0 saturated heterocycles. The molecule has 14 heavy (non-hydrogen) atoms. The van der Waals surface area contributed by atoms with Crippen molar-refractivity contribution in [1.29, 1.82) is 0 Å². The van der Waals surface area contributed by atoms with E-state index in [4.69, 9.17) is 0 Å². The lowest BCUT2D eigenvalue weighted by Gasteiger charge is -2.17. The SMILES string of the molecule is C=CCC(C)[C@@H](O)c1ccc(C)cc1. The molecule has 0 radical (unpaired) electrons. The van der Waals surface area contributed by atoms with Crippen LogP contribution in [-0.4, -0.2) is 5.11 Å². The summed E-state index contributed by atoms with van der Waals surface area (Å²) in [6, 6.07) is 8.03. The minimum Gasteiger partial charge on any atom is -0.388 e. The van der Waals surface area contributed by atoms with Gasteiger partial charge in [0.15, 0.2) is 0 Å². The fourth-order valence-electron chi connectivity index (χ4n) is 1.48. The normalized spacial score (nSPS) is 14.8. The van der Waals surface area contributed by atoms with Crippen molar-refractivity contribution in [2.45, 2.75) is 26.4 Å². The van der Waals surface area contributed by atoms with Gasteiger partial charge in [-0.05, 0) is 24.8 Å². The van der Waals surface area contributed by atoms with Crippen molar-refractivity contribution in [1.82, 2.24) is 0 Å². The van der Waals surface area contributed by atoms with Gasteiger partial charge < -0.3 is 5.11 Å². The first-order valence-corrected chi connectivity index (χ1v) is 5.00. The summed E-state index contributed by atoms with van der Waals surface area (Å²) in [6.07, 6.45) is 2.31. The second-order valence-electron chi connectivity index (χ2n) is 3.86. The van der Waals surface area contributed by atoms with Gasteiger partial charge in [-0.2, -0.15) is 0 Å². The first-order chi connectivity index (χ1) is 6.65. The maximum Gasteiger partial charge on any atom is 0.0818 e. The van der Waals surface area contributed by atoms with E-state index in [2.05, 4.69) is 6.58 Å². The monoisotopic (exact) mass is 190 g/mol. The number of allylic oxidation sites excluding steroid dienone is 1. The molecule has 0 heterocycles. The first kappa shape index (κ1) is 11.0. The molecule has 0 fully saturated rings. The topological polar surface area (TPSA) is 20.2 Å². The van der Waals surface area contributed by atoms with Crippen LogP contribution in [0, 0.1) is 12.8 Å². The van der Waals surface area contributed by atoms with Crippen LogP contribution in [0.2, 0.25) is 0 Å². The van der Waals surface area contributed by atoms with Crippen molar-refractivity contribution in [2.75, 3.05) is 0 Å². The fourth-order valence-corrected chi connectivity index (χ4v) is 1.48. The molecule has 0 aromatic heterocycles. The Labute approximate surface area is 86.1 Å². The van der Waals surface area contributed by atoms with E-state index in [9.17, 15) is 5.11 Å². The highest BCUT2D eigenvalue weighted by atomic mass is 16.3. The van der Waals surface area contributed by atoms with Crippen molar-refractivity contribution in [2.24, 2.45) is 5.92 Å². The highest BCUT2D eigenvalue weighted by Gasteiger charge is 2.14. The predicted octanol–water partition coefficient (Wildman–Crippen LogP) is 3.24. The molecule has 0 amide bonds. The lowest BCUT2D eigenvalue weighted by molar-refractivity contribution is 0.119. The Kier molecular flexibility index (Phi) is 3.90. The van der Waals surface area contributed by atoms with E-state index < -0.39 is 0 Å². The predicted molar refractivity (Wildman–Crippen MR) is 60.1 cm³/mol. The summed E-state index contributed by atoms with van der Waals surface area (Å²) in [4.78, 5) is 0. The summed E-state index contributed by atoms with van der Waals surface area (Å²) in [6.45, 7) is 7.76. The van der Waals surface area contributed by atoms with Crippen molar-refractivity contribution in [3.05, 3.63) is 48.0 Å². The minimum absolute atomic E-state index is 0.232. The van der Waals surface area contributed by atoms with E-state index in [1.165, 1.54) is 5.56 Å². The van der Waals surface area contributed by atoms with Crippen LogP contribution >= 0.6 is 0 Å². The number of rotatable bonds is 4. The molecule has 1 rings (SSSR count). The summed E-state index contributed by atoms with van der Waals surface area (Å²) in [7, 11) is 0. The molecule has 1 N–H and O–H groups in total. The summed E-state index contributed by atoms with van der Waals surface area (Å²) < 4.78 is 0. The van der Waals surface area contributed by atoms with Crippen LogP contribution in [0.3, 0.4) is 0 Å².